The van der Waals surface area contributed by atoms with Crippen molar-refractivity contribution in [2.75, 3.05) is 43.6 Å². The molecule has 1 heterocycles. The molecule has 1 aliphatic rings. The summed E-state index contributed by atoms with van der Waals surface area (Å²) in [5.41, 5.74) is 3.05. The fraction of sp³-hybridized carbons (Fsp3) is 0.350. The molecule has 2 aromatic carbocycles. The topological polar surface area (TPSA) is 37.0 Å². The van der Waals surface area contributed by atoms with Crippen molar-refractivity contribution in [2.45, 2.75) is 13.2 Å². The summed E-state index contributed by atoms with van der Waals surface area (Å²) in [7, 11) is 1.90. The first-order valence-corrected chi connectivity index (χ1v) is 9.41. The van der Waals surface area contributed by atoms with E-state index in [9.17, 15) is 8.78 Å². The Hall–Kier alpha value is -2.45. The maximum Gasteiger partial charge on any atom is 0.387 e. The van der Waals surface area contributed by atoms with E-state index in [1.54, 1.807) is 12.1 Å². The average Bonchev–Trinajstić information content (AvgIpc) is 2.70. The Kier molecular flexibility index (Phi) is 7.00. The number of halogens is 2. The number of hydrogen-bond acceptors (Lipinski definition) is 4. The summed E-state index contributed by atoms with van der Waals surface area (Å²) in [4.78, 5) is 4.23. The molecule has 2 aromatic rings. The number of nitrogens with one attached hydrogen (secondary N) is 1. The van der Waals surface area contributed by atoms with Crippen LogP contribution in [-0.2, 0) is 11.3 Å². The van der Waals surface area contributed by atoms with Crippen LogP contribution in [0.3, 0.4) is 0 Å². The van der Waals surface area contributed by atoms with Crippen LogP contribution in [-0.4, -0.2) is 50.0 Å². The van der Waals surface area contributed by atoms with E-state index in [0.29, 0.717) is 17.3 Å². The van der Waals surface area contributed by atoms with Gasteiger partial charge in [-0.3, -0.25) is 0 Å². The zero-order valence-corrected chi connectivity index (χ0v) is 16.4. The smallest absolute Gasteiger partial charge is 0.387 e. The molecule has 0 amide bonds. The maximum atomic E-state index is 12.2. The fourth-order valence-electron chi connectivity index (χ4n) is 2.92. The zero-order valence-electron chi connectivity index (χ0n) is 15.6. The van der Waals surface area contributed by atoms with Crippen LogP contribution in [0.1, 0.15) is 5.56 Å². The van der Waals surface area contributed by atoms with Crippen molar-refractivity contribution in [3.63, 3.8) is 0 Å². The molecule has 150 valence electrons. The third kappa shape index (κ3) is 5.77. The zero-order chi connectivity index (χ0) is 19.9. The Bertz CT molecular complexity index is 766. The lowest BCUT2D eigenvalue weighted by Crippen LogP contribution is -2.36. The van der Waals surface area contributed by atoms with E-state index in [-0.39, 0.29) is 5.75 Å². The van der Waals surface area contributed by atoms with E-state index in [4.69, 9.17) is 17.0 Å². The first kappa shape index (κ1) is 20.3. The number of nitrogens with zero attached hydrogens (tertiary/aromatic N) is 2. The van der Waals surface area contributed by atoms with Crippen LogP contribution >= 0.6 is 12.2 Å². The average molecular weight is 407 g/mol. The standard InChI is InChI=1S/C20H23F2N3O2S/c1-24(20(28)23-16-4-8-18(9-5-16)27-19(21)22)14-15-2-6-17(7-3-15)25-10-12-26-13-11-25/h2-9,19H,10-14H2,1H3,(H,23,28). The summed E-state index contributed by atoms with van der Waals surface area (Å²) in [5.74, 6) is 0.111. The van der Waals surface area contributed by atoms with Crippen LogP contribution in [0.5, 0.6) is 5.75 Å². The normalized spacial score (nSPS) is 14.1. The minimum atomic E-state index is -2.83. The second kappa shape index (κ2) is 9.66. The summed E-state index contributed by atoms with van der Waals surface area (Å²) in [5, 5.41) is 3.64. The van der Waals surface area contributed by atoms with Gasteiger partial charge in [-0.1, -0.05) is 12.1 Å². The number of morpholine rings is 1. The molecule has 0 unspecified atom stereocenters. The minimum absolute atomic E-state index is 0.111. The first-order chi connectivity index (χ1) is 13.5. The van der Waals surface area contributed by atoms with Gasteiger partial charge in [0, 0.05) is 38.1 Å². The quantitative estimate of drug-likeness (QED) is 0.731. The molecule has 0 aliphatic carbocycles. The molecule has 0 aromatic heterocycles. The van der Waals surface area contributed by atoms with Crippen LogP contribution in [0.4, 0.5) is 20.2 Å². The molecule has 1 fully saturated rings. The summed E-state index contributed by atoms with van der Waals surface area (Å²) >= 11 is 5.43. The van der Waals surface area contributed by atoms with Gasteiger partial charge >= 0.3 is 6.61 Å². The predicted molar refractivity (Wildman–Crippen MR) is 110 cm³/mol. The lowest BCUT2D eigenvalue weighted by atomic mass is 10.2. The van der Waals surface area contributed by atoms with E-state index in [2.05, 4.69) is 39.2 Å². The van der Waals surface area contributed by atoms with Crippen LogP contribution in [0.15, 0.2) is 48.5 Å². The number of thiocarbonyl (C=S) groups is 1. The number of ether oxygens (including phenoxy) is 2. The van der Waals surface area contributed by atoms with Gasteiger partial charge in [0.15, 0.2) is 5.11 Å². The van der Waals surface area contributed by atoms with Gasteiger partial charge in [0.05, 0.1) is 13.2 Å². The summed E-state index contributed by atoms with van der Waals surface area (Å²) in [6, 6.07) is 14.7. The molecule has 1 aliphatic heterocycles. The molecule has 3 rings (SSSR count). The molecular formula is C20H23F2N3O2S. The Balaban J connectivity index is 1.52. The molecule has 1 saturated heterocycles. The van der Waals surface area contributed by atoms with Gasteiger partial charge in [0.1, 0.15) is 5.75 Å². The number of rotatable bonds is 6. The van der Waals surface area contributed by atoms with Gasteiger partial charge in [0.2, 0.25) is 0 Å². The number of benzene rings is 2. The first-order valence-electron chi connectivity index (χ1n) is 9.00. The molecule has 1 N–H and O–H groups in total. The van der Waals surface area contributed by atoms with Crippen molar-refractivity contribution >= 4 is 28.7 Å². The summed E-state index contributed by atoms with van der Waals surface area (Å²) in [6.07, 6.45) is 0. The highest BCUT2D eigenvalue weighted by atomic mass is 32.1. The van der Waals surface area contributed by atoms with Crippen LogP contribution in [0, 0.1) is 0 Å². The van der Waals surface area contributed by atoms with Gasteiger partial charge in [-0.2, -0.15) is 8.78 Å². The SMILES string of the molecule is CN(Cc1ccc(N2CCOCC2)cc1)C(=S)Nc1ccc(OC(F)F)cc1. The van der Waals surface area contributed by atoms with Crippen LogP contribution in [0.2, 0.25) is 0 Å². The third-order valence-corrected chi connectivity index (χ3v) is 4.82. The molecule has 8 heteroatoms. The van der Waals surface area contributed by atoms with E-state index in [1.165, 1.54) is 17.8 Å². The highest BCUT2D eigenvalue weighted by Gasteiger charge is 2.12. The maximum absolute atomic E-state index is 12.2. The predicted octanol–water partition coefficient (Wildman–Crippen LogP) is 3.95. The monoisotopic (exact) mass is 407 g/mol. The van der Waals surface area contributed by atoms with Crippen LogP contribution in [0.25, 0.3) is 0 Å². The van der Waals surface area contributed by atoms with Crippen molar-refractivity contribution in [2.24, 2.45) is 0 Å². The Labute approximate surface area is 168 Å². The molecule has 0 saturated carbocycles. The Morgan fingerprint density at radius 1 is 1.14 bits per heavy atom. The number of alkyl halides is 2. The van der Waals surface area contributed by atoms with Crippen molar-refractivity contribution < 1.29 is 18.3 Å². The number of anilines is 2. The molecule has 5 nitrogen and oxygen atoms in total. The van der Waals surface area contributed by atoms with Gasteiger partial charge in [-0.25, -0.2) is 0 Å². The van der Waals surface area contributed by atoms with Crippen LogP contribution < -0.4 is 15.0 Å². The second-order valence-corrected chi connectivity index (χ2v) is 6.84. The largest absolute Gasteiger partial charge is 0.435 e. The van der Waals surface area contributed by atoms with E-state index in [1.807, 2.05) is 11.9 Å². The van der Waals surface area contributed by atoms with Gasteiger partial charge in [-0.05, 0) is 54.2 Å². The molecule has 0 atom stereocenters. The van der Waals surface area contributed by atoms with Gasteiger partial charge < -0.3 is 24.6 Å². The van der Waals surface area contributed by atoms with E-state index >= 15 is 0 Å². The molecule has 28 heavy (non-hydrogen) atoms. The van der Waals surface area contributed by atoms with Crippen molar-refractivity contribution in [3.8, 4) is 5.75 Å². The highest BCUT2D eigenvalue weighted by molar-refractivity contribution is 7.80. The van der Waals surface area contributed by atoms with Crippen molar-refractivity contribution in [1.29, 1.82) is 0 Å². The molecule has 0 spiro atoms. The van der Waals surface area contributed by atoms with Gasteiger partial charge in [-0.15, -0.1) is 0 Å². The Morgan fingerprint density at radius 2 is 1.79 bits per heavy atom. The third-order valence-electron chi connectivity index (χ3n) is 4.41. The fourth-order valence-corrected chi connectivity index (χ4v) is 3.10. The lowest BCUT2D eigenvalue weighted by Gasteiger charge is -2.29. The van der Waals surface area contributed by atoms with E-state index in [0.717, 1.165) is 31.9 Å². The highest BCUT2D eigenvalue weighted by Crippen LogP contribution is 2.19. The number of hydrogen-bond donors (Lipinski definition) is 1. The van der Waals surface area contributed by atoms with Gasteiger partial charge in [0.25, 0.3) is 0 Å². The summed E-state index contributed by atoms with van der Waals surface area (Å²) in [6.45, 7) is 1.17. The second-order valence-electron chi connectivity index (χ2n) is 6.45. The molecular weight excluding hydrogens is 384 g/mol. The molecule has 0 radical (unpaired) electrons. The lowest BCUT2D eigenvalue weighted by molar-refractivity contribution is -0.0498. The van der Waals surface area contributed by atoms with Crippen molar-refractivity contribution in [3.05, 3.63) is 54.1 Å². The Morgan fingerprint density at radius 3 is 2.39 bits per heavy atom. The summed E-state index contributed by atoms with van der Waals surface area (Å²) < 4.78 is 34.1. The molecule has 0 bridgehead atoms. The van der Waals surface area contributed by atoms with Crippen molar-refractivity contribution in [1.82, 2.24) is 4.90 Å². The minimum Gasteiger partial charge on any atom is -0.435 e. The van der Waals surface area contributed by atoms with E-state index < -0.39 is 6.61 Å².